The van der Waals surface area contributed by atoms with Gasteiger partial charge in [0.2, 0.25) is 21.8 Å². The first-order valence-corrected chi connectivity index (χ1v) is 11.6. The molecule has 31 heavy (non-hydrogen) atoms. The van der Waals surface area contributed by atoms with Gasteiger partial charge in [-0.15, -0.1) is 0 Å². The van der Waals surface area contributed by atoms with Gasteiger partial charge in [-0.05, 0) is 55.2 Å². The second kappa shape index (κ2) is 10.0. The molecule has 1 heterocycles. The lowest BCUT2D eigenvalue weighted by molar-refractivity contribution is -0.126. The van der Waals surface area contributed by atoms with Crippen LogP contribution in [-0.2, 0) is 26.0 Å². The largest absolute Gasteiger partial charge is 0.355 e. The maximum atomic E-state index is 13.7. The van der Waals surface area contributed by atoms with E-state index in [-0.39, 0.29) is 35.6 Å². The van der Waals surface area contributed by atoms with Crippen molar-refractivity contribution in [3.05, 3.63) is 59.9 Å². The average Bonchev–Trinajstić information content (AvgIpc) is 2.75. The number of hydrogen-bond donors (Lipinski definition) is 2. The molecule has 2 aromatic carbocycles. The quantitative estimate of drug-likeness (QED) is 0.682. The molecule has 2 N–H and O–H groups in total. The van der Waals surface area contributed by atoms with Gasteiger partial charge in [-0.2, -0.15) is 4.31 Å². The summed E-state index contributed by atoms with van der Waals surface area (Å²) in [5.74, 6) is -1.23. The second-order valence-electron chi connectivity index (χ2n) is 7.54. The van der Waals surface area contributed by atoms with Gasteiger partial charge in [-0.25, -0.2) is 12.8 Å². The fourth-order valence-electron chi connectivity index (χ4n) is 3.60. The van der Waals surface area contributed by atoms with Gasteiger partial charge in [0, 0.05) is 32.2 Å². The van der Waals surface area contributed by atoms with E-state index >= 15 is 0 Å². The number of amides is 2. The summed E-state index contributed by atoms with van der Waals surface area (Å²) in [4.78, 5) is 23.8. The molecule has 0 spiro atoms. The van der Waals surface area contributed by atoms with Gasteiger partial charge < -0.3 is 10.6 Å². The Morgan fingerprint density at radius 2 is 1.84 bits per heavy atom. The summed E-state index contributed by atoms with van der Waals surface area (Å²) in [6.07, 6.45) is 1.54. The van der Waals surface area contributed by atoms with Crippen LogP contribution in [0.5, 0.6) is 0 Å². The molecule has 1 aliphatic heterocycles. The minimum Gasteiger partial charge on any atom is -0.355 e. The third kappa shape index (κ3) is 5.89. The summed E-state index contributed by atoms with van der Waals surface area (Å²) in [7, 11) is -3.75. The number of carbonyl (C=O) groups is 2. The van der Waals surface area contributed by atoms with E-state index < -0.39 is 15.9 Å². The molecular formula is C22H26FN3O4S. The maximum absolute atomic E-state index is 13.7. The smallest absolute Gasteiger partial charge is 0.243 e. The fourth-order valence-corrected chi connectivity index (χ4v) is 5.13. The zero-order valence-electron chi connectivity index (χ0n) is 17.3. The van der Waals surface area contributed by atoms with E-state index in [0.29, 0.717) is 37.1 Å². The van der Waals surface area contributed by atoms with E-state index in [4.69, 9.17) is 0 Å². The molecule has 0 aromatic heterocycles. The number of carbonyl (C=O) groups excluding carboxylic acids is 2. The molecule has 166 valence electrons. The van der Waals surface area contributed by atoms with Crippen LogP contribution in [-0.4, -0.2) is 44.2 Å². The van der Waals surface area contributed by atoms with Gasteiger partial charge in [0.05, 0.1) is 10.8 Å². The van der Waals surface area contributed by atoms with E-state index in [1.54, 1.807) is 18.2 Å². The normalized spacial score (nSPS) is 17.2. The van der Waals surface area contributed by atoms with E-state index in [2.05, 4.69) is 10.6 Å². The average molecular weight is 448 g/mol. The van der Waals surface area contributed by atoms with Crippen LogP contribution in [0.1, 0.15) is 25.3 Å². The molecule has 1 unspecified atom stereocenters. The van der Waals surface area contributed by atoms with Gasteiger partial charge in [-0.3, -0.25) is 9.59 Å². The van der Waals surface area contributed by atoms with Gasteiger partial charge in [0.1, 0.15) is 5.82 Å². The molecule has 1 aliphatic rings. The van der Waals surface area contributed by atoms with Crippen LogP contribution in [0.15, 0.2) is 53.4 Å². The number of rotatable bonds is 7. The van der Waals surface area contributed by atoms with E-state index in [9.17, 15) is 22.4 Å². The molecule has 0 aliphatic carbocycles. The SMILES string of the molecule is CC(=O)Nc1ccc(S(=O)(=O)N2CCCC(C(=O)NCCc3ccccc3F)C2)cc1. The summed E-state index contributed by atoms with van der Waals surface area (Å²) < 4.78 is 41.0. The number of halogens is 1. The molecule has 2 amide bonds. The number of piperidine rings is 1. The first kappa shape index (κ1) is 22.9. The van der Waals surface area contributed by atoms with Crippen LogP contribution in [0.4, 0.5) is 10.1 Å². The lowest BCUT2D eigenvalue weighted by Crippen LogP contribution is -2.45. The Morgan fingerprint density at radius 1 is 1.13 bits per heavy atom. The van der Waals surface area contributed by atoms with Crippen LogP contribution >= 0.6 is 0 Å². The lowest BCUT2D eigenvalue weighted by Gasteiger charge is -2.31. The fraction of sp³-hybridized carbons (Fsp3) is 0.364. The number of hydrogen-bond acceptors (Lipinski definition) is 4. The minimum absolute atomic E-state index is 0.0985. The van der Waals surface area contributed by atoms with Gasteiger partial charge in [0.15, 0.2) is 0 Å². The maximum Gasteiger partial charge on any atom is 0.243 e. The first-order valence-electron chi connectivity index (χ1n) is 10.2. The first-order chi connectivity index (χ1) is 14.8. The van der Waals surface area contributed by atoms with Crippen LogP contribution < -0.4 is 10.6 Å². The Balaban J connectivity index is 1.59. The van der Waals surface area contributed by atoms with Crippen molar-refractivity contribution >= 4 is 27.5 Å². The highest BCUT2D eigenvalue weighted by atomic mass is 32.2. The van der Waals surface area contributed by atoms with Crippen molar-refractivity contribution < 1.29 is 22.4 Å². The predicted molar refractivity (Wildman–Crippen MR) is 115 cm³/mol. The van der Waals surface area contributed by atoms with Crippen molar-refractivity contribution in [3.8, 4) is 0 Å². The highest BCUT2D eigenvalue weighted by molar-refractivity contribution is 7.89. The van der Waals surface area contributed by atoms with Crippen molar-refractivity contribution in [2.24, 2.45) is 5.92 Å². The summed E-state index contributed by atoms with van der Waals surface area (Å²) in [5, 5.41) is 5.39. The molecule has 1 fully saturated rings. The van der Waals surface area contributed by atoms with Crippen molar-refractivity contribution in [1.29, 1.82) is 0 Å². The summed E-state index contributed by atoms with van der Waals surface area (Å²) in [5.41, 5.74) is 1.04. The number of benzene rings is 2. The molecule has 1 atom stereocenters. The third-order valence-corrected chi connectivity index (χ3v) is 7.10. The van der Waals surface area contributed by atoms with E-state index in [1.807, 2.05) is 0 Å². The zero-order chi connectivity index (χ0) is 22.4. The number of nitrogens with one attached hydrogen (secondary N) is 2. The highest BCUT2D eigenvalue weighted by Crippen LogP contribution is 2.25. The number of anilines is 1. The van der Waals surface area contributed by atoms with Crippen LogP contribution in [0.2, 0.25) is 0 Å². The highest BCUT2D eigenvalue weighted by Gasteiger charge is 2.33. The summed E-state index contributed by atoms with van der Waals surface area (Å²) >= 11 is 0. The topological polar surface area (TPSA) is 95.6 Å². The molecule has 1 saturated heterocycles. The van der Waals surface area contributed by atoms with Gasteiger partial charge in [0.25, 0.3) is 0 Å². The Bertz CT molecular complexity index is 1040. The van der Waals surface area contributed by atoms with Gasteiger partial charge in [-0.1, -0.05) is 18.2 Å². The standard InChI is InChI=1S/C22H26FN3O4S/c1-16(27)25-19-8-10-20(11-9-19)31(29,30)26-14-4-6-18(15-26)22(28)24-13-12-17-5-2-3-7-21(17)23/h2-3,5,7-11,18H,4,6,12-15H2,1H3,(H,24,28)(H,25,27). The number of sulfonamides is 1. The Kier molecular flexibility index (Phi) is 7.40. The Labute approximate surface area is 181 Å². The monoisotopic (exact) mass is 447 g/mol. The van der Waals surface area contributed by atoms with Crippen molar-refractivity contribution in [2.75, 3.05) is 25.0 Å². The molecule has 9 heteroatoms. The Hall–Kier alpha value is -2.78. The van der Waals surface area contributed by atoms with Crippen LogP contribution in [0, 0.1) is 11.7 Å². The van der Waals surface area contributed by atoms with E-state index in [1.165, 1.54) is 41.6 Å². The Morgan fingerprint density at radius 3 is 2.52 bits per heavy atom. The van der Waals surface area contributed by atoms with Crippen LogP contribution in [0.3, 0.4) is 0 Å². The zero-order valence-corrected chi connectivity index (χ0v) is 18.1. The molecule has 7 nitrogen and oxygen atoms in total. The molecule has 0 saturated carbocycles. The van der Waals surface area contributed by atoms with Crippen molar-refractivity contribution in [2.45, 2.75) is 31.1 Å². The van der Waals surface area contributed by atoms with Gasteiger partial charge >= 0.3 is 0 Å². The minimum atomic E-state index is -3.75. The molecule has 2 aromatic rings. The lowest BCUT2D eigenvalue weighted by atomic mass is 9.99. The van der Waals surface area contributed by atoms with E-state index in [0.717, 1.165) is 0 Å². The second-order valence-corrected chi connectivity index (χ2v) is 9.48. The molecule has 3 rings (SSSR count). The summed E-state index contributed by atoms with van der Waals surface area (Å²) in [6.45, 7) is 2.10. The molecule has 0 bridgehead atoms. The number of nitrogens with zero attached hydrogens (tertiary/aromatic N) is 1. The molecular weight excluding hydrogens is 421 g/mol. The van der Waals surface area contributed by atoms with Crippen LogP contribution in [0.25, 0.3) is 0 Å². The molecule has 0 radical (unpaired) electrons. The predicted octanol–water partition coefficient (Wildman–Crippen LogP) is 2.54. The third-order valence-electron chi connectivity index (χ3n) is 5.22. The van der Waals surface area contributed by atoms with Crippen molar-refractivity contribution in [1.82, 2.24) is 9.62 Å². The van der Waals surface area contributed by atoms with Crippen molar-refractivity contribution in [3.63, 3.8) is 0 Å². The summed E-state index contributed by atoms with van der Waals surface area (Å²) in [6, 6.07) is 12.4.